The number of esters is 1. The fourth-order valence-electron chi connectivity index (χ4n) is 2.89. The van der Waals surface area contributed by atoms with E-state index in [9.17, 15) is 14.4 Å². The van der Waals surface area contributed by atoms with E-state index in [4.69, 9.17) is 13.9 Å². The van der Waals surface area contributed by atoms with E-state index in [1.807, 2.05) is 26.8 Å². The Morgan fingerprint density at radius 1 is 1.19 bits per heavy atom. The number of fused-ring (bicyclic) bond motifs is 1. The molecule has 0 saturated carbocycles. The first-order valence-electron chi connectivity index (χ1n) is 8.75. The number of carbonyl (C=O) groups excluding carboxylic acids is 2. The summed E-state index contributed by atoms with van der Waals surface area (Å²) in [6.45, 7) is 5.50. The van der Waals surface area contributed by atoms with Gasteiger partial charge in [-0.1, -0.05) is 13.8 Å². The molecule has 1 aromatic heterocycles. The Morgan fingerprint density at radius 3 is 2.48 bits per heavy atom. The van der Waals surface area contributed by atoms with Gasteiger partial charge >= 0.3 is 11.6 Å². The highest BCUT2D eigenvalue weighted by molar-refractivity contribution is 5.85. The molecular weight excluding hydrogens is 350 g/mol. The van der Waals surface area contributed by atoms with Crippen LogP contribution in [0.3, 0.4) is 0 Å². The van der Waals surface area contributed by atoms with E-state index < -0.39 is 17.6 Å². The Kier molecular flexibility index (Phi) is 6.60. The number of rotatable bonds is 7. The van der Waals surface area contributed by atoms with Crippen molar-refractivity contribution >= 4 is 22.8 Å². The van der Waals surface area contributed by atoms with Crippen molar-refractivity contribution in [2.45, 2.75) is 39.7 Å². The van der Waals surface area contributed by atoms with Gasteiger partial charge in [0.2, 0.25) is 5.91 Å². The number of hydrogen-bond donors (Lipinski definition) is 1. The van der Waals surface area contributed by atoms with Crippen LogP contribution in [-0.4, -0.2) is 32.1 Å². The molecule has 0 spiro atoms. The number of aryl methyl sites for hydroxylation is 2. The number of hydrogen-bond acceptors (Lipinski definition) is 6. The van der Waals surface area contributed by atoms with Gasteiger partial charge in [0, 0.05) is 23.9 Å². The molecule has 146 valence electrons. The number of methoxy groups -OCH3 is 2. The summed E-state index contributed by atoms with van der Waals surface area (Å²) in [4.78, 5) is 35.6. The minimum atomic E-state index is -0.683. The molecule has 7 nitrogen and oxygen atoms in total. The third-order valence-corrected chi connectivity index (χ3v) is 4.41. The molecule has 1 heterocycles. The van der Waals surface area contributed by atoms with Crippen LogP contribution in [0, 0.1) is 12.8 Å². The van der Waals surface area contributed by atoms with Crippen molar-refractivity contribution in [2.75, 3.05) is 14.2 Å². The van der Waals surface area contributed by atoms with Gasteiger partial charge in [-0.15, -0.1) is 0 Å². The van der Waals surface area contributed by atoms with E-state index in [0.717, 1.165) is 16.5 Å². The highest BCUT2D eigenvalue weighted by Gasteiger charge is 2.24. The zero-order valence-corrected chi connectivity index (χ0v) is 16.3. The lowest BCUT2D eigenvalue weighted by Gasteiger charge is -2.20. The molecule has 0 saturated heterocycles. The average molecular weight is 375 g/mol. The van der Waals surface area contributed by atoms with Crippen LogP contribution in [-0.2, 0) is 20.7 Å². The van der Waals surface area contributed by atoms with E-state index >= 15 is 0 Å². The largest absolute Gasteiger partial charge is 0.496 e. The molecule has 0 aliphatic heterocycles. The van der Waals surface area contributed by atoms with Crippen LogP contribution in [0.2, 0.25) is 0 Å². The summed E-state index contributed by atoms with van der Waals surface area (Å²) in [7, 11) is 2.81. The predicted molar refractivity (Wildman–Crippen MR) is 101 cm³/mol. The molecule has 0 fully saturated rings. The fourth-order valence-corrected chi connectivity index (χ4v) is 2.89. The highest BCUT2D eigenvalue weighted by Crippen LogP contribution is 2.28. The maximum atomic E-state index is 12.3. The van der Waals surface area contributed by atoms with Crippen molar-refractivity contribution in [1.82, 2.24) is 5.32 Å². The lowest BCUT2D eigenvalue weighted by atomic mass is 10.0. The van der Waals surface area contributed by atoms with Crippen LogP contribution in [0.5, 0.6) is 5.75 Å². The summed E-state index contributed by atoms with van der Waals surface area (Å²) in [6, 6.07) is 4.26. The number of ether oxygens (including phenoxy) is 2. The van der Waals surface area contributed by atoms with Gasteiger partial charge in [0.15, 0.2) is 0 Å². The summed E-state index contributed by atoms with van der Waals surface area (Å²) < 4.78 is 15.3. The molecule has 0 unspecified atom stereocenters. The summed E-state index contributed by atoms with van der Waals surface area (Å²) in [5.41, 5.74) is 1.63. The SMILES string of the molecule is COC(=O)[C@H](NC(=O)CCc1cc2c(C)cc(=O)oc2cc1OC)C(C)C. The van der Waals surface area contributed by atoms with Crippen molar-refractivity contribution in [3.05, 3.63) is 39.7 Å². The van der Waals surface area contributed by atoms with Crippen LogP contribution < -0.4 is 15.7 Å². The molecule has 2 aromatic rings. The molecule has 7 heteroatoms. The van der Waals surface area contributed by atoms with Gasteiger partial charge < -0.3 is 19.2 Å². The first kappa shape index (κ1) is 20.5. The third kappa shape index (κ3) is 4.87. The Morgan fingerprint density at radius 2 is 1.89 bits per heavy atom. The highest BCUT2D eigenvalue weighted by atomic mass is 16.5. The molecule has 0 bridgehead atoms. The normalized spacial score (nSPS) is 12.1. The molecule has 0 radical (unpaired) electrons. The number of carbonyl (C=O) groups is 2. The third-order valence-electron chi connectivity index (χ3n) is 4.41. The van der Waals surface area contributed by atoms with Gasteiger partial charge in [0.1, 0.15) is 17.4 Å². The lowest BCUT2D eigenvalue weighted by Crippen LogP contribution is -2.45. The van der Waals surface area contributed by atoms with Gasteiger partial charge in [0.05, 0.1) is 14.2 Å². The van der Waals surface area contributed by atoms with Crippen LogP contribution in [0.1, 0.15) is 31.4 Å². The van der Waals surface area contributed by atoms with Gasteiger partial charge in [-0.25, -0.2) is 9.59 Å². The monoisotopic (exact) mass is 375 g/mol. The smallest absolute Gasteiger partial charge is 0.336 e. The minimum absolute atomic E-state index is 0.0813. The Labute approximate surface area is 157 Å². The van der Waals surface area contributed by atoms with Crippen molar-refractivity contribution in [3.8, 4) is 5.75 Å². The van der Waals surface area contributed by atoms with Gasteiger partial charge in [-0.2, -0.15) is 0 Å². The topological polar surface area (TPSA) is 94.8 Å². The second-order valence-corrected chi connectivity index (χ2v) is 6.72. The van der Waals surface area contributed by atoms with Crippen molar-refractivity contribution in [1.29, 1.82) is 0 Å². The van der Waals surface area contributed by atoms with Crippen LogP contribution >= 0.6 is 0 Å². The van der Waals surface area contributed by atoms with Crippen molar-refractivity contribution in [2.24, 2.45) is 5.92 Å². The van der Waals surface area contributed by atoms with Crippen LogP contribution in [0.15, 0.2) is 27.4 Å². The van der Waals surface area contributed by atoms with E-state index in [1.54, 1.807) is 6.07 Å². The molecule has 2 rings (SSSR count). The summed E-state index contributed by atoms with van der Waals surface area (Å²) >= 11 is 0. The molecule has 0 aliphatic carbocycles. The van der Waals surface area contributed by atoms with Crippen LogP contribution in [0.25, 0.3) is 11.0 Å². The zero-order chi connectivity index (χ0) is 20.1. The Hall–Kier alpha value is -2.83. The predicted octanol–water partition coefficient (Wildman–Crippen LogP) is 2.36. The van der Waals surface area contributed by atoms with Gasteiger partial charge in [-0.05, 0) is 36.5 Å². The molecule has 1 atom stereocenters. The average Bonchev–Trinajstić information content (AvgIpc) is 2.62. The quantitative estimate of drug-likeness (QED) is 0.590. The molecule has 1 amide bonds. The van der Waals surface area contributed by atoms with E-state index in [0.29, 0.717) is 17.8 Å². The van der Waals surface area contributed by atoms with E-state index in [2.05, 4.69) is 5.32 Å². The molecule has 1 aromatic carbocycles. The Balaban J connectivity index is 2.19. The Bertz CT molecular complexity index is 899. The first-order valence-corrected chi connectivity index (χ1v) is 8.75. The van der Waals surface area contributed by atoms with Gasteiger partial charge in [-0.3, -0.25) is 4.79 Å². The molecule has 27 heavy (non-hydrogen) atoms. The minimum Gasteiger partial charge on any atom is -0.496 e. The van der Waals surface area contributed by atoms with Crippen molar-refractivity contribution in [3.63, 3.8) is 0 Å². The standard InChI is InChI=1S/C20H25NO6/c1-11(2)19(20(24)26-5)21-17(22)7-6-13-9-14-12(3)8-18(23)27-16(14)10-15(13)25-4/h8-11,19H,6-7H2,1-5H3,(H,21,22)/t19-/m1/s1. The lowest BCUT2D eigenvalue weighted by molar-refractivity contribution is -0.146. The zero-order valence-electron chi connectivity index (χ0n) is 16.3. The van der Waals surface area contributed by atoms with Crippen molar-refractivity contribution < 1.29 is 23.5 Å². The number of benzene rings is 1. The molecule has 1 N–H and O–H groups in total. The maximum Gasteiger partial charge on any atom is 0.336 e. The summed E-state index contributed by atoms with van der Waals surface area (Å²) in [6.07, 6.45) is 0.591. The second kappa shape index (κ2) is 8.70. The van der Waals surface area contributed by atoms with E-state index in [1.165, 1.54) is 20.3 Å². The second-order valence-electron chi connectivity index (χ2n) is 6.72. The van der Waals surface area contributed by atoms with E-state index in [-0.39, 0.29) is 18.2 Å². The maximum absolute atomic E-state index is 12.3. The summed E-state index contributed by atoms with van der Waals surface area (Å²) in [5, 5.41) is 3.51. The van der Waals surface area contributed by atoms with Crippen LogP contribution in [0.4, 0.5) is 0 Å². The number of nitrogens with one attached hydrogen (secondary N) is 1. The first-order chi connectivity index (χ1) is 12.8. The van der Waals surface area contributed by atoms with Gasteiger partial charge in [0.25, 0.3) is 0 Å². The summed E-state index contributed by atoms with van der Waals surface area (Å²) in [5.74, 6) is -0.260. The fraction of sp³-hybridized carbons (Fsp3) is 0.450. The number of amides is 1. The molecule has 0 aliphatic rings. The molecular formula is C20H25NO6.